The lowest BCUT2D eigenvalue weighted by Crippen LogP contribution is -2.47. The maximum atomic E-state index is 14.2. The number of piperazine rings is 1. The number of halogens is 1. The number of fused-ring (bicyclic) bond motifs is 1. The first kappa shape index (κ1) is 20.1. The van der Waals surface area contributed by atoms with Crippen LogP contribution in [0.1, 0.15) is 0 Å². The fourth-order valence-electron chi connectivity index (χ4n) is 4.13. The van der Waals surface area contributed by atoms with Crippen molar-refractivity contribution in [2.75, 3.05) is 50.2 Å². The van der Waals surface area contributed by atoms with E-state index in [-0.39, 0.29) is 5.82 Å². The maximum absolute atomic E-state index is 14.2. The van der Waals surface area contributed by atoms with Gasteiger partial charge in [-0.15, -0.1) is 0 Å². The maximum Gasteiger partial charge on any atom is 0.212 e. The lowest BCUT2D eigenvalue weighted by atomic mass is 10.1. The van der Waals surface area contributed by atoms with Crippen LogP contribution in [0.5, 0.6) is 11.5 Å². The number of imidazole rings is 1. The van der Waals surface area contributed by atoms with Crippen LogP contribution in [0.3, 0.4) is 0 Å². The van der Waals surface area contributed by atoms with E-state index >= 15 is 0 Å². The summed E-state index contributed by atoms with van der Waals surface area (Å²) in [5.41, 5.74) is 3.18. The van der Waals surface area contributed by atoms with Crippen LogP contribution in [0.25, 0.3) is 16.9 Å². The molecule has 4 aromatic rings. The van der Waals surface area contributed by atoms with Gasteiger partial charge in [0, 0.05) is 50.2 Å². The van der Waals surface area contributed by atoms with Crippen molar-refractivity contribution in [3.05, 3.63) is 66.7 Å². The van der Waals surface area contributed by atoms with E-state index in [0.29, 0.717) is 30.3 Å². The summed E-state index contributed by atoms with van der Waals surface area (Å²) in [6, 6.07) is 14.6. The van der Waals surface area contributed by atoms with E-state index in [0.717, 1.165) is 35.9 Å². The molecule has 5 rings (SSSR count). The van der Waals surface area contributed by atoms with Crippen LogP contribution in [0.15, 0.2) is 60.9 Å². The zero-order chi connectivity index (χ0) is 22.1. The van der Waals surface area contributed by atoms with Gasteiger partial charge in [0.25, 0.3) is 0 Å². The number of rotatable bonds is 5. The molecule has 0 N–H and O–H groups in total. The number of ether oxygens (including phenoxy) is 2. The molecular weight excluding hydrogens is 409 g/mol. The number of hydrogen-bond acceptors (Lipinski definition) is 6. The third-order valence-corrected chi connectivity index (χ3v) is 5.81. The Bertz CT molecular complexity index is 1250. The second kappa shape index (κ2) is 8.37. The highest BCUT2D eigenvalue weighted by Crippen LogP contribution is 2.33. The monoisotopic (exact) mass is 433 g/mol. The van der Waals surface area contributed by atoms with Crippen molar-refractivity contribution in [3.8, 4) is 22.8 Å². The van der Waals surface area contributed by atoms with Gasteiger partial charge in [-0.2, -0.15) is 0 Å². The first-order chi connectivity index (χ1) is 15.7. The third-order valence-electron chi connectivity index (χ3n) is 5.81. The van der Waals surface area contributed by atoms with E-state index in [2.05, 4.69) is 14.8 Å². The molecule has 0 amide bonds. The number of methoxy groups -OCH3 is 2. The minimum atomic E-state index is -0.188. The van der Waals surface area contributed by atoms with E-state index in [1.165, 1.54) is 6.07 Å². The Morgan fingerprint density at radius 3 is 2.38 bits per heavy atom. The minimum Gasteiger partial charge on any atom is -0.493 e. The highest BCUT2D eigenvalue weighted by atomic mass is 19.1. The van der Waals surface area contributed by atoms with Gasteiger partial charge in [0.1, 0.15) is 11.5 Å². The Morgan fingerprint density at radius 2 is 1.62 bits per heavy atom. The Hall–Kier alpha value is -3.81. The van der Waals surface area contributed by atoms with Gasteiger partial charge in [-0.25, -0.2) is 14.4 Å². The Balaban J connectivity index is 1.46. The SMILES string of the molecule is COc1ccc(-c2cc3nccn3c(N3CCN(c4ccccc4F)CC3)n2)cc1OC. The third kappa shape index (κ3) is 3.57. The van der Waals surface area contributed by atoms with E-state index in [9.17, 15) is 4.39 Å². The average molecular weight is 433 g/mol. The first-order valence-corrected chi connectivity index (χ1v) is 10.5. The number of aromatic nitrogens is 3. The van der Waals surface area contributed by atoms with E-state index in [4.69, 9.17) is 14.5 Å². The van der Waals surface area contributed by atoms with Crippen molar-refractivity contribution in [1.29, 1.82) is 0 Å². The molecule has 0 spiro atoms. The average Bonchev–Trinajstić information content (AvgIpc) is 3.32. The number of hydrogen-bond donors (Lipinski definition) is 0. The molecule has 0 aliphatic carbocycles. The number of nitrogens with zero attached hydrogens (tertiary/aromatic N) is 5. The Labute approximate surface area is 185 Å². The van der Waals surface area contributed by atoms with Crippen LogP contribution in [0, 0.1) is 5.82 Å². The van der Waals surface area contributed by atoms with Gasteiger partial charge >= 0.3 is 0 Å². The van der Waals surface area contributed by atoms with Crippen molar-refractivity contribution in [1.82, 2.24) is 14.4 Å². The summed E-state index contributed by atoms with van der Waals surface area (Å²) in [5.74, 6) is 1.95. The quantitative estimate of drug-likeness (QED) is 0.476. The fraction of sp³-hybridized carbons (Fsp3) is 0.250. The summed E-state index contributed by atoms with van der Waals surface area (Å²) >= 11 is 0. The van der Waals surface area contributed by atoms with Crippen molar-refractivity contribution in [2.24, 2.45) is 0 Å². The van der Waals surface area contributed by atoms with Crippen LogP contribution < -0.4 is 19.3 Å². The lowest BCUT2D eigenvalue weighted by Gasteiger charge is -2.37. The molecule has 8 heteroatoms. The zero-order valence-electron chi connectivity index (χ0n) is 18.0. The van der Waals surface area contributed by atoms with E-state index < -0.39 is 0 Å². The molecule has 1 fully saturated rings. The summed E-state index contributed by atoms with van der Waals surface area (Å²) in [5, 5.41) is 0. The largest absolute Gasteiger partial charge is 0.493 e. The number of para-hydroxylation sites is 1. The zero-order valence-corrected chi connectivity index (χ0v) is 18.0. The van der Waals surface area contributed by atoms with Gasteiger partial charge in [0.05, 0.1) is 25.6 Å². The smallest absolute Gasteiger partial charge is 0.212 e. The molecule has 164 valence electrons. The van der Waals surface area contributed by atoms with Crippen LogP contribution in [0.2, 0.25) is 0 Å². The van der Waals surface area contributed by atoms with Gasteiger partial charge < -0.3 is 19.3 Å². The normalized spacial score (nSPS) is 14.1. The van der Waals surface area contributed by atoms with Crippen LogP contribution in [-0.2, 0) is 0 Å². The van der Waals surface area contributed by atoms with Crippen molar-refractivity contribution < 1.29 is 13.9 Å². The topological polar surface area (TPSA) is 55.1 Å². The molecule has 0 saturated carbocycles. The summed E-state index contributed by atoms with van der Waals surface area (Å²) < 4.78 is 27.0. The first-order valence-electron chi connectivity index (χ1n) is 10.5. The predicted octanol–water partition coefficient (Wildman–Crippen LogP) is 3.88. The highest BCUT2D eigenvalue weighted by Gasteiger charge is 2.23. The minimum absolute atomic E-state index is 0.188. The lowest BCUT2D eigenvalue weighted by molar-refractivity contribution is 0.355. The summed E-state index contributed by atoms with van der Waals surface area (Å²) in [6.07, 6.45) is 3.69. The molecule has 3 heterocycles. The van der Waals surface area contributed by atoms with Gasteiger partial charge in [0.15, 0.2) is 11.5 Å². The number of benzene rings is 2. The molecular formula is C24H24FN5O2. The van der Waals surface area contributed by atoms with Gasteiger partial charge in [0.2, 0.25) is 5.95 Å². The van der Waals surface area contributed by atoms with Gasteiger partial charge in [-0.05, 0) is 30.3 Å². The molecule has 7 nitrogen and oxygen atoms in total. The van der Waals surface area contributed by atoms with Crippen molar-refractivity contribution >= 4 is 17.3 Å². The molecule has 0 atom stereocenters. The van der Waals surface area contributed by atoms with Crippen LogP contribution >= 0.6 is 0 Å². The fourth-order valence-corrected chi connectivity index (χ4v) is 4.13. The predicted molar refractivity (Wildman–Crippen MR) is 122 cm³/mol. The molecule has 0 unspecified atom stereocenters. The Kier molecular flexibility index (Phi) is 5.26. The van der Waals surface area contributed by atoms with Crippen molar-refractivity contribution in [3.63, 3.8) is 0 Å². The molecule has 1 aliphatic rings. The molecule has 1 aliphatic heterocycles. The molecule has 1 saturated heterocycles. The molecule has 0 bridgehead atoms. The van der Waals surface area contributed by atoms with Crippen LogP contribution in [-0.4, -0.2) is 54.8 Å². The van der Waals surface area contributed by atoms with Crippen LogP contribution in [0.4, 0.5) is 16.0 Å². The summed E-state index contributed by atoms with van der Waals surface area (Å²) in [6.45, 7) is 2.87. The second-order valence-corrected chi connectivity index (χ2v) is 7.59. The molecule has 32 heavy (non-hydrogen) atoms. The number of anilines is 2. The molecule has 0 radical (unpaired) electrons. The molecule has 2 aromatic heterocycles. The summed E-state index contributed by atoms with van der Waals surface area (Å²) in [4.78, 5) is 13.8. The molecule has 2 aromatic carbocycles. The van der Waals surface area contributed by atoms with E-state index in [1.807, 2.05) is 47.0 Å². The van der Waals surface area contributed by atoms with Gasteiger partial charge in [-0.1, -0.05) is 12.1 Å². The van der Waals surface area contributed by atoms with Gasteiger partial charge in [-0.3, -0.25) is 4.40 Å². The second-order valence-electron chi connectivity index (χ2n) is 7.59. The van der Waals surface area contributed by atoms with E-state index in [1.54, 1.807) is 26.5 Å². The standard InChI is InChI=1S/C24H24FN5O2/c1-31-21-8-7-17(15-22(21)32-2)19-16-23-26-9-10-30(23)24(27-19)29-13-11-28(12-14-29)20-6-4-3-5-18(20)25/h3-10,15-16H,11-14H2,1-2H3. The Morgan fingerprint density at radius 1 is 0.875 bits per heavy atom. The highest BCUT2D eigenvalue weighted by molar-refractivity contribution is 5.69. The van der Waals surface area contributed by atoms with Crippen molar-refractivity contribution in [2.45, 2.75) is 0 Å². The summed E-state index contributed by atoms with van der Waals surface area (Å²) in [7, 11) is 3.23.